The first-order valence-electron chi connectivity index (χ1n) is 7.46. The van der Waals surface area contributed by atoms with Crippen LogP contribution in [-0.4, -0.2) is 31.9 Å². The van der Waals surface area contributed by atoms with Crippen molar-refractivity contribution >= 4 is 35.0 Å². The Balaban J connectivity index is 1.65. The van der Waals surface area contributed by atoms with Gasteiger partial charge in [0.05, 0.1) is 11.4 Å². The quantitative estimate of drug-likeness (QED) is 0.458. The molecule has 1 heterocycles. The highest BCUT2D eigenvalue weighted by Gasteiger charge is 2.11. The van der Waals surface area contributed by atoms with Crippen molar-refractivity contribution in [3.63, 3.8) is 0 Å². The largest absolute Gasteiger partial charge is 0.506 e. The molecule has 0 aliphatic rings. The Hall–Kier alpha value is -2.84. The van der Waals surface area contributed by atoms with E-state index in [1.165, 1.54) is 18.2 Å². The van der Waals surface area contributed by atoms with Crippen LogP contribution < -0.4 is 10.9 Å². The Bertz CT molecular complexity index is 995. The van der Waals surface area contributed by atoms with E-state index in [0.717, 1.165) is 11.8 Å². The molecule has 2 aromatic carbocycles. The number of benzene rings is 2. The number of aromatic nitrogens is 3. The second kappa shape index (κ2) is 8.03. The summed E-state index contributed by atoms with van der Waals surface area (Å²) >= 11 is 6.85. The smallest absolute Gasteiger partial charge is 0.278 e. The average molecular weight is 389 g/mol. The molecule has 0 spiro atoms. The molecule has 26 heavy (non-hydrogen) atoms. The SMILES string of the molecule is O=C(CSc1nnc(-c2ccccc2)c(=O)[nH]1)Nc1cc(Cl)ccc1O. The fourth-order valence-electron chi connectivity index (χ4n) is 2.10. The summed E-state index contributed by atoms with van der Waals surface area (Å²) in [7, 11) is 0. The van der Waals surface area contributed by atoms with Gasteiger partial charge in [-0.05, 0) is 18.2 Å². The van der Waals surface area contributed by atoms with E-state index in [-0.39, 0.29) is 39.5 Å². The molecule has 0 aliphatic carbocycles. The van der Waals surface area contributed by atoms with Gasteiger partial charge in [0.1, 0.15) is 5.75 Å². The zero-order valence-electron chi connectivity index (χ0n) is 13.3. The van der Waals surface area contributed by atoms with E-state index in [4.69, 9.17) is 11.6 Å². The van der Waals surface area contributed by atoms with E-state index < -0.39 is 0 Å². The molecular formula is C17H13ClN4O3S. The highest BCUT2D eigenvalue weighted by atomic mass is 35.5. The van der Waals surface area contributed by atoms with Gasteiger partial charge in [-0.15, -0.1) is 10.2 Å². The lowest BCUT2D eigenvalue weighted by Gasteiger charge is -2.07. The van der Waals surface area contributed by atoms with Crippen molar-refractivity contribution in [3.05, 3.63) is 63.9 Å². The number of carbonyl (C=O) groups excluding carboxylic acids is 1. The minimum atomic E-state index is -0.387. The van der Waals surface area contributed by atoms with Gasteiger partial charge in [-0.2, -0.15) is 0 Å². The van der Waals surface area contributed by atoms with Crippen molar-refractivity contribution in [3.8, 4) is 17.0 Å². The van der Waals surface area contributed by atoms with Gasteiger partial charge < -0.3 is 10.4 Å². The Morgan fingerprint density at radius 1 is 1.19 bits per heavy atom. The Kier molecular flexibility index (Phi) is 5.55. The van der Waals surface area contributed by atoms with Crippen molar-refractivity contribution in [2.45, 2.75) is 5.16 Å². The molecule has 0 radical (unpaired) electrons. The second-order valence-electron chi connectivity index (χ2n) is 5.17. The van der Waals surface area contributed by atoms with Gasteiger partial charge in [-0.1, -0.05) is 53.7 Å². The topological polar surface area (TPSA) is 108 Å². The van der Waals surface area contributed by atoms with E-state index in [0.29, 0.717) is 10.6 Å². The number of anilines is 1. The zero-order chi connectivity index (χ0) is 18.5. The van der Waals surface area contributed by atoms with Crippen LogP contribution in [0, 0.1) is 0 Å². The second-order valence-corrected chi connectivity index (χ2v) is 6.57. The normalized spacial score (nSPS) is 10.5. The number of aromatic amines is 1. The summed E-state index contributed by atoms with van der Waals surface area (Å²) in [4.78, 5) is 26.7. The molecule has 3 rings (SSSR count). The van der Waals surface area contributed by atoms with Crippen molar-refractivity contribution in [1.82, 2.24) is 15.2 Å². The molecule has 1 amide bonds. The van der Waals surface area contributed by atoms with Gasteiger partial charge >= 0.3 is 0 Å². The highest BCUT2D eigenvalue weighted by molar-refractivity contribution is 7.99. The number of aromatic hydroxyl groups is 1. The van der Waals surface area contributed by atoms with Gasteiger partial charge in [0, 0.05) is 10.6 Å². The van der Waals surface area contributed by atoms with Gasteiger partial charge in [-0.3, -0.25) is 14.6 Å². The van der Waals surface area contributed by atoms with Crippen molar-refractivity contribution in [2.75, 3.05) is 11.1 Å². The fraction of sp³-hybridized carbons (Fsp3) is 0.0588. The van der Waals surface area contributed by atoms with Crippen LogP contribution in [0.4, 0.5) is 5.69 Å². The van der Waals surface area contributed by atoms with Crippen molar-refractivity contribution in [1.29, 1.82) is 0 Å². The number of amides is 1. The third kappa shape index (κ3) is 4.41. The van der Waals surface area contributed by atoms with Crippen LogP contribution in [0.5, 0.6) is 5.75 Å². The van der Waals surface area contributed by atoms with Crippen LogP contribution in [-0.2, 0) is 4.79 Å². The third-order valence-electron chi connectivity index (χ3n) is 3.30. The molecule has 0 atom stereocenters. The molecule has 0 saturated carbocycles. The first-order chi connectivity index (χ1) is 12.5. The van der Waals surface area contributed by atoms with E-state index in [1.54, 1.807) is 24.3 Å². The number of hydrogen-bond donors (Lipinski definition) is 3. The van der Waals surface area contributed by atoms with Crippen molar-refractivity contribution in [2.24, 2.45) is 0 Å². The molecule has 3 N–H and O–H groups in total. The maximum absolute atomic E-state index is 12.1. The first-order valence-corrected chi connectivity index (χ1v) is 8.83. The molecule has 0 fully saturated rings. The van der Waals surface area contributed by atoms with Crippen LogP contribution >= 0.6 is 23.4 Å². The third-order valence-corrected chi connectivity index (χ3v) is 4.40. The summed E-state index contributed by atoms with van der Waals surface area (Å²) in [6.45, 7) is 0. The molecule has 0 saturated heterocycles. The Morgan fingerprint density at radius 3 is 2.69 bits per heavy atom. The van der Waals surface area contributed by atoms with Gasteiger partial charge in [0.25, 0.3) is 5.56 Å². The van der Waals surface area contributed by atoms with E-state index in [9.17, 15) is 14.7 Å². The first kappa shape index (κ1) is 18.0. The molecule has 0 unspecified atom stereocenters. The van der Waals surface area contributed by atoms with Crippen LogP contribution in [0.25, 0.3) is 11.3 Å². The fourth-order valence-corrected chi connectivity index (χ4v) is 2.88. The number of nitrogens with one attached hydrogen (secondary N) is 2. The summed E-state index contributed by atoms with van der Waals surface area (Å²) in [5, 5.41) is 20.7. The minimum Gasteiger partial charge on any atom is -0.506 e. The lowest BCUT2D eigenvalue weighted by molar-refractivity contribution is -0.113. The summed E-state index contributed by atoms with van der Waals surface area (Å²) in [5.74, 6) is -0.503. The molecule has 1 aromatic heterocycles. The molecule has 3 aromatic rings. The number of hydrogen-bond acceptors (Lipinski definition) is 6. The van der Waals surface area contributed by atoms with Crippen LogP contribution in [0.15, 0.2) is 58.5 Å². The molecule has 132 valence electrons. The zero-order valence-corrected chi connectivity index (χ0v) is 14.8. The predicted octanol–water partition coefficient (Wildman–Crippen LogP) is 2.92. The molecule has 0 bridgehead atoms. The summed E-state index contributed by atoms with van der Waals surface area (Å²) in [5.41, 5.74) is 0.693. The lowest BCUT2D eigenvalue weighted by Crippen LogP contribution is -2.17. The molecule has 9 heteroatoms. The van der Waals surface area contributed by atoms with Crippen molar-refractivity contribution < 1.29 is 9.90 Å². The van der Waals surface area contributed by atoms with E-state index in [2.05, 4.69) is 20.5 Å². The van der Waals surface area contributed by atoms with Crippen LogP contribution in [0.2, 0.25) is 5.02 Å². The number of H-pyrrole nitrogens is 1. The summed E-state index contributed by atoms with van der Waals surface area (Å²) < 4.78 is 0. The highest BCUT2D eigenvalue weighted by Crippen LogP contribution is 2.26. The molecular weight excluding hydrogens is 376 g/mol. The number of thioether (sulfide) groups is 1. The van der Waals surface area contributed by atoms with Crippen LogP contribution in [0.1, 0.15) is 0 Å². The molecule has 0 aliphatic heterocycles. The molecule has 7 nitrogen and oxygen atoms in total. The number of halogens is 1. The summed E-state index contributed by atoms with van der Waals surface area (Å²) in [6.07, 6.45) is 0. The van der Waals surface area contributed by atoms with Gasteiger partial charge in [-0.25, -0.2) is 0 Å². The maximum atomic E-state index is 12.1. The lowest BCUT2D eigenvalue weighted by atomic mass is 10.2. The predicted molar refractivity (Wildman–Crippen MR) is 101 cm³/mol. The number of nitrogens with zero attached hydrogens (tertiary/aromatic N) is 2. The van der Waals surface area contributed by atoms with E-state index in [1.807, 2.05) is 6.07 Å². The average Bonchev–Trinajstić information content (AvgIpc) is 2.64. The maximum Gasteiger partial charge on any atom is 0.278 e. The minimum absolute atomic E-state index is 0.0265. The number of phenols is 1. The monoisotopic (exact) mass is 388 g/mol. The van der Waals surface area contributed by atoms with Crippen LogP contribution in [0.3, 0.4) is 0 Å². The van der Waals surface area contributed by atoms with Gasteiger partial charge in [0.2, 0.25) is 5.91 Å². The number of rotatable bonds is 5. The standard InChI is InChI=1S/C17H13ClN4O3S/c18-11-6-7-13(23)12(8-11)19-14(24)9-26-17-20-16(25)15(21-22-17)10-4-2-1-3-5-10/h1-8,23H,9H2,(H,19,24)(H,20,22,25). The Morgan fingerprint density at radius 2 is 1.96 bits per heavy atom. The van der Waals surface area contributed by atoms with E-state index >= 15 is 0 Å². The Labute approximate surface area is 157 Å². The number of phenolic OH excluding ortho intramolecular Hbond substituents is 1. The number of carbonyl (C=O) groups is 1. The summed E-state index contributed by atoms with van der Waals surface area (Å²) in [6, 6.07) is 13.3. The van der Waals surface area contributed by atoms with Gasteiger partial charge in [0.15, 0.2) is 10.9 Å².